The van der Waals surface area contributed by atoms with E-state index in [4.69, 9.17) is 0 Å². The highest BCUT2D eigenvalue weighted by Crippen LogP contribution is 2.51. The van der Waals surface area contributed by atoms with Gasteiger partial charge in [-0.1, -0.05) is 91.0 Å². The molecule has 0 amide bonds. The molecule has 3 aromatic rings. The topological polar surface area (TPSA) is 57.6 Å². The van der Waals surface area contributed by atoms with Gasteiger partial charge in [-0.15, -0.1) is 0 Å². The molecule has 3 aromatic carbocycles. The Bertz CT molecular complexity index is 1180. The van der Waals surface area contributed by atoms with Gasteiger partial charge in [-0.2, -0.15) is 0 Å². The lowest BCUT2D eigenvalue weighted by Crippen LogP contribution is -2.53. The molecule has 2 heterocycles. The van der Waals surface area contributed by atoms with E-state index in [0.29, 0.717) is 17.9 Å². The van der Waals surface area contributed by atoms with Crippen LogP contribution in [0.5, 0.6) is 0 Å². The molecular formula is C26H25NO3S. The lowest BCUT2D eigenvalue weighted by molar-refractivity contribution is -0.00906. The number of aliphatic hydroxyl groups excluding tert-OH is 1. The molecule has 1 fully saturated rings. The molecule has 2 aliphatic rings. The molecule has 1 N–H and O–H groups in total. The van der Waals surface area contributed by atoms with Gasteiger partial charge in [0.15, 0.2) is 9.84 Å². The van der Waals surface area contributed by atoms with Gasteiger partial charge in [0.25, 0.3) is 0 Å². The first-order valence-electron chi connectivity index (χ1n) is 10.5. The van der Waals surface area contributed by atoms with Crippen LogP contribution in [0, 0.1) is 0 Å². The maximum atomic E-state index is 13.7. The minimum Gasteiger partial charge on any atom is -0.387 e. The molecule has 31 heavy (non-hydrogen) atoms. The monoisotopic (exact) mass is 431 g/mol. The number of fused-ring (bicyclic) bond motifs is 2. The molecule has 0 saturated carbocycles. The van der Waals surface area contributed by atoms with Gasteiger partial charge < -0.3 is 5.11 Å². The third kappa shape index (κ3) is 3.24. The van der Waals surface area contributed by atoms with Crippen molar-refractivity contribution in [2.24, 2.45) is 0 Å². The molecule has 158 valence electrons. The predicted octanol–water partition coefficient (Wildman–Crippen LogP) is 3.93. The van der Waals surface area contributed by atoms with Crippen LogP contribution in [0.15, 0.2) is 108 Å². The molecule has 4 nitrogen and oxygen atoms in total. The highest BCUT2D eigenvalue weighted by Gasteiger charge is 2.60. The summed E-state index contributed by atoms with van der Waals surface area (Å²) < 4.78 is 27.4. The van der Waals surface area contributed by atoms with Gasteiger partial charge in [-0.05, 0) is 29.7 Å². The van der Waals surface area contributed by atoms with Crippen LogP contribution < -0.4 is 0 Å². The second kappa shape index (κ2) is 7.75. The number of hydrogen-bond acceptors (Lipinski definition) is 4. The van der Waals surface area contributed by atoms with E-state index in [2.05, 4.69) is 4.90 Å². The Hall–Kier alpha value is -2.73. The van der Waals surface area contributed by atoms with E-state index >= 15 is 0 Å². The van der Waals surface area contributed by atoms with Gasteiger partial charge >= 0.3 is 0 Å². The Morgan fingerprint density at radius 3 is 2.06 bits per heavy atom. The largest absolute Gasteiger partial charge is 0.387 e. The number of hydrogen-bond donors (Lipinski definition) is 1. The third-order valence-electron chi connectivity index (χ3n) is 6.69. The molecule has 0 aliphatic carbocycles. The fraction of sp³-hybridized carbons (Fsp3) is 0.231. The van der Waals surface area contributed by atoms with E-state index in [0.717, 1.165) is 11.1 Å². The molecule has 4 atom stereocenters. The summed E-state index contributed by atoms with van der Waals surface area (Å²) in [4.78, 5) is 2.52. The summed E-state index contributed by atoms with van der Waals surface area (Å²) in [5, 5.41) is 10.6. The smallest absolute Gasteiger partial charge is 0.183 e. The van der Waals surface area contributed by atoms with Crippen LogP contribution in [0.25, 0.3) is 0 Å². The molecule has 4 unspecified atom stereocenters. The molecule has 5 rings (SSSR count). The van der Waals surface area contributed by atoms with Crippen LogP contribution in [-0.4, -0.2) is 35.8 Å². The Morgan fingerprint density at radius 2 is 1.42 bits per heavy atom. The van der Waals surface area contributed by atoms with Crippen molar-refractivity contribution in [1.29, 1.82) is 0 Å². The van der Waals surface area contributed by atoms with Crippen LogP contribution in [0.4, 0.5) is 0 Å². The summed E-state index contributed by atoms with van der Waals surface area (Å²) in [6, 6.07) is 28.2. The molecule has 2 bridgehead atoms. The zero-order valence-corrected chi connectivity index (χ0v) is 17.9. The van der Waals surface area contributed by atoms with Crippen molar-refractivity contribution in [3.05, 3.63) is 114 Å². The number of rotatable bonds is 5. The Kier molecular flexibility index (Phi) is 5.05. The highest BCUT2D eigenvalue weighted by molar-refractivity contribution is 7.92. The number of sulfone groups is 1. The van der Waals surface area contributed by atoms with Crippen LogP contribution in [0.1, 0.15) is 17.5 Å². The summed E-state index contributed by atoms with van der Waals surface area (Å²) in [5.41, 5.74) is 1.23. The third-order valence-corrected chi connectivity index (χ3v) is 8.86. The Labute approximate surface area is 183 Å². The average Bonchev–Trinajstić information content (AvgIpc) is 3.05. The van der Waals surface area contributed by atoms with Crippen molar-refractivity contribution < 1.29 is 13.5 Å². The van der Waals surface area contributed by atoms with Gasteiger partial charge in [0.1, 0.15) is 0 Å². The standard InChI is InChI=1S/C26H25NO3S/c28-25-17-16-23-24(31(29,30)22-14-8-3-9-15-22)18-26(25,21-12-6-2-7-13-21)27(23)19-20-10-4-1-5-11-20/h1-17,23-25,28H,18-19H2. The summed E-state index contributed by atoms with van der Waals surface area (Å²) in [6.07, 6.45) is 3.19. The van der Waals surface area contributed by atoms with Crippen molar-refractivity contribution >= 4 is 9.84 Å². The SMILES string of the molecule is O=S(=O)(c1ccccc1)C1CC2(c3ccccc3)C(O)C=CC1N2Cc1ccccc1. The zero-order valence-electron chi connectivity index (χ0n) is 17.1. The van der Waals surface area contributed by atoms with Crippen molar-refractivity contribution in [2.75, 3.05) is 0 Å². The van der Waals surface area contributed by atoms with E-state index in [1.165, 1.54) is 0 Å². The molecule has 0 spiro atoms. The lowest BCUT2D eigenvalue weighted by atomic mass is 9.81. The van der Waals surface area contributed by atoms with Gasteiger partial charge in [0, 0.05) is 12.6 Å². The van der Waals surface area contributed by atoms with Gasteiger partial charge in [-0.3, -0.25) is 4.90 Å². The second-order valence-corrected chi connectivity index (χ2v) is 10.5. The molecular weight excluding hydrogens is 406 g/mol. The maximum absolute atomic E-state index is 13.7. The van der Waals surface area contributed by atoms with Crippen molar-refractivity contribution in [3.8, 4) is 0 Å². The number of aliphatic hydroxyl groups is 1. The molecule has 0 radical (unpaired) electrons. The van der Waals surface area contributed by atoms with E-state index in [-0.39, 0.29) is 6.04 Å². The minimum absolute atomic E-state index is 0.325. The summed E-state index contributed by atoms with van der Waals surface area (Å²) >= 11 is 0. The van der Waals surface area contributed by atoms with Crippen LogP contribution in [0.3, 0.4) is 0 Å². The summed E-state index contributed by atoms with van der Waals surface area (Å²) in [5.74, 6) is 0. The Morgan fingerprint density at radius 1 is 0.839 bits per heavy atom. The van der Waals surface area contributed by atoms with E-state index < -0.39 is 26.7 Å². The van der Waals surface area contributed by atoms with Crippen LogP contribution >= 0.6 is 0 Å². The maximum Gasteiger partial charge on any atom is 0.183 e. The van der Waals surface area contributed by atoms with Crippen molar-refractivity contribution in [2.45, 2.75) is 40.8 Å². The molecule has 0 aromatic heterocycles. The fourth-order valence-corrected chi connectivity index (χ4v) is 7.16. The molecule has 5 heteroatoms. The van der Waals surface area contributed by atoms with Crippen LogP contribution in [-0.2, 0) is 21.9 Å². The number of nitrogens with zero attached hydrogens (tertiary/aromatic N) is 1. The zero-order chi connectivity index (χ0) is 21.5. The Balaban J connectivity index is 1.66. The number of benzene rings is 3. The average molecular weight is 432 g/mol. The normalized spacial score (nSPS) is 28.0. The molecule has 1 saturated heterocycles. The highest BCUT2D eigenvalue weighted by atomic mass is 32.2. The second-order valence-electron chi connectivity index (χ2n) is 8.32. The van der Waals surface area contributed by atoms with Gasteiger partial charge in [-0.25, -0.2) is 8.42 Å². The van der Waals surface area contributed by atoms with Crippen LogP contribution in [0.2, 0.25) is 0 Å². The minimum atomic E-state index is -3.59. The van der Waals surface area contributed by atoms with Gasteiger partial charge in [0.2, 0.25) is 0 Å². The van der Waals surface area contributed by atoms with Gasteiger partial charge in [0.05, 0.1) is 21.8 Å². The summed E-state index contributed by atoms with van der Waals surface area (Å²) in [6.45, 7) is 0.558. The summed E-state index contributed by atoms with van der Waals surface area (Å²) in [7, 11) is -3.59. The van der Waals surface area contributed by atoms with E-state index in [1.807, 2.05) is 72.8 Å². The van der Waals surface area contributed by atoms with E-state index in [9.17, 15) is 13.5 Å². The first-order valence-corrected chi connectivity index (χ1v) is 12.1. The predicted molar refractivity (Wildman–Crippen MR) is 121 cm³/mol. The fourth-order valence-electron chi connectivity index (χ4n) is 5.19. The first kappa shape index (κ1) is 20.2. The van der Waals surface area contributed by atoms with Crippen molar-refractivity contribution in [1.82, 2.24) is 4.90 Å². The van der Waals surface area contributed by atoms with E-state index in [1.54, 1.807) is 30.3 Å². The molecule has 2 aliphatic heterocycles. The quantitative estimate of drug-likeness (QED) is 0.622. The first-order chi connectivity index (χ1) is 15.0. The lowest BCUT2D eigenvalue weighted by Gasteiger charge is -2.45. The van der Waals surface area contributed by atoms with Crippen molar-refractivity contribution in [3.63, 3.8) is 0 Å².